The highest BCUT2D eigenvalue weighted by molar-refractivity contribution is 7.25. The van der Waals surface area contributed by atoms with Gasteiger partial charge in [0.1, 0.15) is 10.4 Å². The average molecular weight is 458 g/mol. The predicted octanol–water partition coefficient (Wildman–Crippen LogP) is 3.82. The molecule has 0 radical (unpaired) electrons. The largest absolute Gasteiger partial charge is 0.497 e. The van der Waals surface area contributed by atoms with Crippen molar-refractivity contribution < 1.29 is 4.74 Å². The van der Waals surface area contributed by atoms with Crippen LogP contribution in [0.2, 0.25) is 0 Å². The van der Waals surface area contributed by atoms with Gasteiger partial charge in [-0.2, -0.15) is 0 Å². The minimum absolute atomic E-state index is 0. The smallest absolute Gasteiger partial charge is 0.328 e. The Hall–Kier alpha value is -2.61. The van der Waals surface area contributed by atoms with Crippen LogP contribution in [0.25, 0.3) is 20.3 Å². The molecule has 162 valence electrons. The normalized spacial score (nSPS) is 16.6. The summed E-state index contributed by atoms with van der Waals surface area (Å²) in [7, 11) is 1.68. The standard InChI is InChI=1S/C23H23N3O3S.ClH/c1-29-17-6-4-5-15(13-17)16-9-10-25(14-16)11-12-26-22(27)21-20(24-23(26)28)18-7-2-3-8-19(18)30-21;/h2-8,13,16H,9-12,14H2,1H3,(H,24,28);1H/t16-;/m0./s1. The number of aromatic amines is 1. The molecule has 1 N–H and O–H groups in total. The van der Waals surface area contributed by atoms with E-state index in [0.717, 1.165) is 35.3 Å². The maximum absolute atomic E-state index is 13.0. The fourth-order valence-corrected chi connectivity index (χ4v) is 5.46. The van der Waals surface area contributed by atoms with E-state index in [0.29, 0.717) is 29.2 Å². The molecule has 0 saturated carbocycles. The van der Waals surface area contributed by atoms with Crippen molar-refractivity contribution in [2.24, 2.45) is 0 Å². The summed E-state index contributed by atoms with van der Waals surface area (Å²) in [6.45, 7) is 2.95. The van der Waals surface area contributed by atoms with Crippen molar-refractivity contribution >= 4 is 44.0 Å². The quantitative estimate of drug-likeness (QED) is 0.494. The molecule has 1 atom stereocenters. The van der Waals surface area contributed by atoms with Gasteiger partial charge in [0, 0.05) is 29.7 Å². The number of benzene rings is 2. The monoisotopic (exact) mass is 457 g/mol. The van der Waals surface area contributed by atoms with E-state index in [-0.39, 0.29) is 23.7 Å². The number of halogens is 1. The van der Waals surface area contributed by atoms with Crippen LogP contribution in [0.5, 0.6) is 5.75 Å². The van der Waals surface area contributed by atoms with Crippen LogP contribution < -0.4 is 16.0 Å². The summed E-state index contributed by atoms with van der Waals surface area (Å²) < 4.78 is 8.31. The number of likely N-dealkylation sites (tertiary alicyclic amines) is 1. The molecule has 5 rings (SSSR count). The minimum Gasteiger partial charge on any atom is -0.497 e. The van der Waals surface area contributed by atoms with E-state index in [1.54, 1.807) is 7.11 Å². The van der Waals surface area contributed by atoms with Crippen molar-refractivity contribution in [2.75, 3.05) is 26.7 Å². The van der Waals surface area contributed by atoms with Gasteiger partial charge < -0.3 is 14.6 Å². The molecule has 4 aromatic rings. The summed E-state index contributed by atoms with van der Waals surface area (Å²) in [5.41, 5.74) is 1.40. The summed E-state index contributed by atoms with van der Waals surface area (Å²) in [4.78, 5) is 30.9. The lowest BCUT2D eigenvalue weighted by molar-refractivity contribution is 0.314. The van der Waals surface area contributed by atoms with Gasteiger partial charge in [0.15, 0.2) is 0 Å². The van der Waals surface area contributed by atoms with Gasteiger partial charge >= 0.3 is 5.69 Å². The van der Waals surface area contributed by atoms with Crippen molar-refractivity contribution in [3.63, 3.8) is 0 Å². The Kier molecular flexibility index (Phi) is 6.18. The van der Waals surface area contributed by atoms with Crippen molar-refractivity contribution in [3.8, 4) is 5.75 Å². The summed E-state index contributed by atoms with van der Waals surface area (Å²) in [5, 5.41) is 0.930. The van der Waals surface area contributed by atoms with Crippen LogP contribution in [0.1, 0.15) is 17.9 Å². The summed E-state index contributed by atoms with van der Waals surface area (Å²) in [5.74, 6) is 1.32. The van der Waals surface area contributed by atoms with Gasteiger partial charge in [0.2, 0.25) is 0 Å². The Labute approximate surface area is 189 Å². The molecular formula is C23H24ClN3O3S. The molecule has 1 fully saturated rings. The average Bonchev–Trinajstić information content (AvgIpc) is 3.39. The Bertz CT molecular complexity index is 1340. The van der Waals surface area contributed by atoms with Crippen molar-refractivity contribution in [1.82, 2.24) is 14.5 Å². The van der Waals surface area contributed by atoms with Gasteiger partial charge in [-0.25, -0.2) is 4.79 Å². The van der Waals surface area contributed by atoms with Crippen LogP contribution in [-0.2, 0) is 6.54 Å². The third kappa shape index (κ3) is 4.01. The number of hydrogen-bond acceptors (Lipinski definition) is 5. The topological polar surface area (TPSA) is 67.3 Å². The number of H-pyrrole nitrogens is 1. The molecule has 3 heterocycles. The fraction of sp³-hybridized carbons (Fsp3) is 0.304. The first-order chi connectivity index (χ1) is 14.6. The van der Waals surface area contributed by atoms with Gasteiger partial charge in [-0.05, 0) is 42.6 Å². The Morgan fingerprint density at radius 2 is 1.97 bits per heavy atom. The van der Waals surface area contributed by atoms with E-state index in [1.807, 2.05) is 36.4 Å². The molecule has 31 heavy (non-hydrogen) atoms. The van der Waals surface area contributed by atoms with E-state index >= 15 is 0 Å². The summed E-state index contributed by atoms with van der Waals surface area (Å²) >= 11 is 1.44. The zero-order valence-electron chi connectivity index (χ0n) is 17.2. The molecule has 6 nitrogen and oxygen atoms in total. The van der Waals surface area contributed by atoms with Crippen LogP contribution in [0.3, 0.4) is 0 Å². The lowest BCUT2D eigenvalue weighted by Crippen LogP contribution is -2.38. The molecule has 8 heteroatoms. The highest BCUT2D eigenvalue weighted by atomic mass is 35.5. The first-order valence-electron chi connectivity index (χ1n) is 10.1. The SMILES string of the molecule is COc1cccc([C@H]2CCN(CCn3c(=O)[nH]c4c(sc5ccccc54)c3=O)C2)c1.Cl. The van der Waals surface area contributed by atoms with Crippen LogP contribution in [0.15, 0.2) is 58.1 Å². The summed E-state index contributed by atoms with van der Waals surface area (Å²) in [6, 6.07) is 16.0. The van der Waals surface area contributed by atoms with Gasteiger partial charge in [-0.1, -0.05) is 30.3 Å². The van der Waals surface area contributed by atoms with E-state index in [2.05, 4.69) is 22.0 Å². The number of methoxy groups -OCH3 is 1. The van der Waals surface area contributed by atoms with Crippen molar-refractivity contribution in [3.05, 3.63) is 74.9 Å². The second-order valence-electron chi connectivity index (χ2n) is 7.75. The molecule has 0 aliphatic carbocycles. The van der Waals surface area contributed by atoms with E-state index < -0.39 is 0 Å². The molecule has 0 spiro atoms. The fourth-order valence-electron chi connectivity index (χ4n) is 4.36. The van der Waals surface area contributed by atoms with Crippen LogP contribution in [0.4, 0.5) is 0 Å². The highest BCUT2D eigenvalue weighted by Crippen LogP contribution is 2.30. The maximum Gasteiger partial charge on any atom is 0.328 e. The van der Waals surface area contributed by atoms with Gasteiger partial charge in [-0.3, -0.25) is 9.36 Å². The zero-order chi connectivity index (χ0) is 20.7. The number of aromatic nitrogens is 2. The molecule has 1 saturated heterocycles. The summed E-state index contributed by atoms with van der Waals surface area (Å²) in [6.07, 6.45) is 1.06. The lowest BCUT2D eigenvalue weighted by Gasteiger charge is -2.17. The number of fused-ring (bicyclic) bond motifs is 3. The molecule has 2 aromatic carbocycles. The van der Waals surface area contributed by atoms with Gasteiger partial charge in [0.05, 0.1) is 12.6 Å². The van der Waals surface area contributed by atoms with Crippen molar-refractivity contribution in [1.29, 1.82) is 0 Å². The second-order valence-corrected chi connectivity index (χ2v) is 8.80. The number of ether oxygens (including phenoxy) is 1. The molecule has 1 aliphatic rings. The van der Waals surface area contributed by atoms with Crippen LogP contribution in [-0.4, -0.2) is 41.2 Å². The Morgan fingerprint density at radius 3 is 2.81 bits per heavy atom. The van der Waals surface area contributed by atoms with Gasteiger partial charge in [0.25, 0.3) is 5.56 Å². The number of hydrogen-bond donors (Lipinski definition) is 1. The lowest BCUT2D eigenvalue weighted by atomic mass is 9.98. The number of nitrogens with zero attached hydrogens (tertiary/aromatic N) is 2. The molecule has 1 aliphatic heterocycles. The number of thiophene rings is 1. The van der Waals surface area contributed by atoms with Crippen LogP contribution in [0, 0.1) is 0 Å². The molecule has 2 aromatic heterocycles. The Morgan fingerprint density at radius 1 is 1.13 bits per heavy atom. The van der Waals surface area contributed by atoms with Crippen LogP contribution >= 0.6 is 23.7 Å². The zero-order valence-corrected chi connectivity index (χ0v) is 18.8. The maximum atomic E-state index is 13.0. The predicted molar refractivity (Wildman–Crippen MR) is 128 cm³/mol. The molecule has 0 bridgehead atoms. The molecular weight excluding hydrogens is 434 g/mol. The minimum atomic E-state index is -0.334. The van der Waals surface area contributed by atoms with Gasteiger partial charge in [-0.15, -0.1) is 23.7 Å². The number of rotatable bonds is 5. The third-order valence-corrected chi connectivity index (χ3v) is 7.15. The van der Waals surface area contributed by atoms with E-state index in [9.17, 15) is 9.59 Å². The second kappa shape index (κ2) is 8.86. The number of nitrogens with one attached hydrogen (secondary N) is 1. The Balaban J connectivity index is 0.00000231. The molecule has 0 unspecified atom stereocenters. The van der Waals surface area contributed by atoms with Crippen molar-refractivity contribution in [2.45, 2.75) is 18.9 Å². The first-order valence-corrected chi connectivity index (χ1v) is 11.0. The van der Waals surface area contributed by atoms with E-state index in [4.69, 9.17) is 4.74 Å². The third-order valence-electron chi connectivity index (χ3n) is 5.99. The first kappa shape index (κ1) is 21.6. The van der Waals surface area contributed by atoms with E-state index in [1.165, 1.54) is 21.5 Å². The highest BCUT2D eigenvalue weighted by Gasteiger charge is 2.24. The molecule has 0 amide bonds.